The predicted octanol–water partition coefficient (Wildman–Crippen LogP) is -1.83. The van der Waals surface area contributed by atoms with Crippen molar-refractivity contribution in [1.82, 2.24) is 0 Å². The van der Waals surface area contributed by atoms with Crippen LogP contribution in [0.3, 0.4) is 0 Å². The standard InChI is InChI=1S/C4H3S.HI.Sr/c1-2-4-5-3-1;;/h1-3H;1H;/q-1;;+2/p-1. The molecule has 0 aliphatic heterocycles. The maximum Gasteiger partial charge on any atom is 2.00 e. The average molecular weight is 298 g/mol. The Morgan fingerprint density at radius 1 is 1.43 bits per heavy atom. The van der Waals surface area contributed by atoms with Crippen molar-refractivity contribution in [1.29, 1.82) is 0 Å². The monoisotopic (exact) mass is 298 g/mol. The predicted molar refractivity (Wildman–Crippen MR) is 28.9 cm³/mol. The molecule has 1 heterocycles. The molecule has 0 atom stereocenters. The average Bonchev–Trinajstić information content (AvgIpc) is 1.76. The molecule has 1 aromatic rings. The summed E-state index contributed by atoms with van der Waals surface area (Å²) >= 11 is 1.59. The van der Waals surface area contributed by atoms with Gasteiger partial charge in [0.15, 0.2) is 0 Å². The van der Waals surface area contributed by atoms with Crippen molar-refractivity contribution >= 4 is 56.8 Å². The van der Waals surface area contributed by atoms with Crippen molar-refractivity contribution in [3.63, 3.8) is 0 Å². The summed E-state index contributed by atoms with van der Waals surface area (Å²) in [5.41, 5.74) is 0. The molecule has 0 aromatic carbocycles. The Kier molecular flexibility index (Phi) is 13.2. The van der Waals surface area contributed by atoms with E-state index in [0.29, 0.717) is 0 Å². The van der Waals surface area contributed by atoms with Crippen LogP contribution in [0.5, 0.6) is 0 Å². The first-order valence-electron chi connectivity index (χ1n) is 1.40. The molecular weight excluding hydrogens is 295 g/mol. The number of hydrogen-bond acceptors (Lipinski definition) is 1. The van der Waals surface area contributed by atoms with Crippen molar-refractivity contribution in [3.8, 4) is 0 Å². The van der Waals surface area contributed by atoms with E-state index >= 15 is 0 Å². The van der Waals surface area contributed by atoms with Crippen molar-refractivity contribution < 1.29 is 24.0 Å². The Morgan fingerprint density at radius 2 is 2.14 bits per heavy atom. The topological polar surface area (TPSA) is 0 Å². The molecule has 0 nitrogen and oxygen atoms in total. The van der Waals surface area contributed by atoms with E-state index in [-0.39, 0.29) is 69.5 Å². The minimum atomic E-state index is 0. The zero-order valence-corrected chi connectivity index (χ0v) is 10.2. The maximum absolute atomic E-state index is 2.90. The fourth-order valence-corrected chi connectivity index (χ4v) is 0.589. The van der Waals surface area contributed by atoms with Gasteiger partial charge >= 0.3 is 45.5 Å². The van der Waals surface area contributed by atoms with Crippen LogP contribution in [-0.2, 0) is 0 Å². The van der Waals surface area contributed by atoms with Crippen molar-refractivity contribution in [2.75, 3.05) is 0 Å². The third-order valence-electron chi connectivity index (χ3n) is 0.379. The van der Waals surface area contributed by atoms with E-state index in [0.717, 1.165) is 0 Å². The molecule has 0 saturated carbocycles. The second-order valence-electron chi connectivity index (χ2n) is 0.731. The summed E-state index contributed by atoms with van der Waals surface area (Å²) in [6.07, 6.45) is 0. The molecule has 0 saturated heterocycles. The second kappa shape index (κ2) is 7.91. The van der Waals surface area contributed by atoms with E-state index < -0.39 is 0 Å². The van der Waals surface area contributed by atoms with Crippen LogP contribution in [0, 0.1) is 5.38 Å². The summed E-state index contributed by atoms with van der Waals surface area (Å²) < 4.78 is 0. The molecule has 0 aliphatic rings. The molecule has 1 rings (SSSR count). The third kappa shape index (κ3) is 5.79. The first kappa shape index (κ1) is 11.7. The van der Waals surface area contributed by atoms with E-state index in [2.05, 4.69) is 5.38 Å². The molecule has 0 bridgehead atoms. The molecule has 0 N–H and O–H groups in total. The van der Waals surface area contributed by atoms with Gasteiger partial charge in [-0.25, -0.2) is 6.07 Å². The molecule has 34 valence electrons. The zero-order chi connectivity index (χ0) is 3.54. The molecule has 0 aliphatic carbocycles. The van der Waals surface area contributed by atoms with Gasteiger partial charge in [0.1, 0.15) is 0 Å². The van der Waals surface area contributed by atoms with Gasteiger partial charge in [-0.1, -0.05) is 0 Å². The molecule has 7 heavy (non-hydrogen) atoms. The Labute approximate surface area is 102 Å². The van der Waals surface area contributed by atoms with Crippen molar-refractivity contribution in [2.45, 2.75) is 0 Å². The maximum atomic E-state index is 2.90. The molecule has 3 heteroatoms. The van der Waals surface area contributed by atoms with E-state index in [1.807, 2.05) is 17.5 Å². The molecule has 0 radical (unpaired) electrons. The van der Waals surface area contributed by atoms with Crippen molar-refractivity contribution in [3.05, 3.63) is 22.9 Å². The molecule has 0 fully saturated rings. The van der Waals surface area contributed by atoms with Gasteiger partial charge in [0.25, 0.3) is 0 Å². The fraction of sp³-hybridized carbons (Fsp3) is 0. The number of rotatable bonds is 0. The smallest absolute Gasteiger partial charge is 1.00 e. The van der Waals surface area contributed by atoms with Crippen LogP contribution in [0.15, 0.2) is 17.5 Å². The van der Waals surface area contributed by atoms with Crippen molar-refractivity contribution in [2.24, 2.45) is 0 Å². The number of thiophene rings is 1. The van der Waals surface area contributed by atoms with Gasteiger partial charge in [-0.05, 0) is 0 Å². The summed E-state index contributed by atoms with van der Waals surface area (Å²) in [7, 11) is 0. The Hall–Kier alpha value is 1.91. The first-order chi connectivity index (χ1) is 2.50. The van der Waals surface area contributed by atoms with Gasteiger partial charge in [-0.2, -0.15) is 11.4 Å². The molecule has 1 aromatic heterocycles. The first-order valence-corrected chi connectivity index (χ1v) is 2.27. The van der Waals surface area contributed by atoms with Crippen LogP contribution in [0.4, 0.5) is 0 Å². The van der Waals surface area contributed by atoms with Gasteiger partial charge in [-0.15, -0.1) is 5.38 Å². The van der Waals surface area contributed by atoms with Crippen LogP contribution >= 0.6 is 11.3 Å². The quantitative estimate of drug-likeness (QED) is 0.300. The zero-order valence-electron chi connectivity index (χ0n) is 3.73. The minimum absolute atomic E-state index is 0. The Morgan fingerprint density at radius 3 is 2.29 bits per heavy atom. The van der Waals surface area contributed by atoms with Crippen LogP contribution in [-0.4, -0.2) is 45.5 Å². The number of hydrogen-bond donors (Lipinski definition) is 0. The summed E-state index contributed by atoms with van der Waals surface area (Å²) in [5, 5.41) is 4.89. The second-order valence-corrected chi connectivity index (χ2v) is 1.47. The fourth-order valence-electron chi connectivity index (χ4n) is 0.196. The van der Waals surface area contributed by atoms with Gasteiger partial charge in [0.05, 0.1) is 0 Å². The molecular formula is C4H3ISSr. The van der Waals surface area contributed by atoms with Gasteiger partial charge in [-0.3, -0.25) is 0 Å². The largest absolute Gasteiger partial charge is 2.00 e. The SMILES string of the molecule is [I-].[Sr+2].[c-]1cccs1. The normalized spacial score (nSPS) is 5.71. The summed E-state index contributed by atoms with van der Waals surface area (Å²) in [6.45, 7) is 0. The van der Waals surface area contributed by atoms with Crippen LogP contribution < -0.4 is 24.0 Å². The van der Waals surface area contributed by atoms with Crippen LogP contribution in [0.1, 0.15) is 0 Å². The van der Waals surface area contributed by atoms with Gasteiger partial charge < -0.3 is 35.3 Å². The third-order valence-corrected chi connectivity index (χ3v) is 0.944. The summed E-state index contributed by atoms with van der Waals surface area (Å²) in [6, 6.07) is 3.86. The Balaban J connectivity index is 0. The van der Waals surface area contributed by atoms with E-state index in [4.69, 9.17) is 0 Å². The van der Waals surface area contributed by atoms with Gasteiger partial charge in [0.2, 0.25) is 0 Å². The van der Waals surface area contributed by atoms with Crippen LogP contribution in [0.25, 0.3) is 0 Å². The van der Waals surface area contributed by atoms with E-state index in [1.165, 1.54) is 0 Å². The van der Waals surface area contributed by atoms with Gasteiger partial charge in [0, 0.05) is 0 Å². The van der Waals surface area contributed by atoms with E-state index in [1.54, 1.807) is 11.3 Å². The summed E-state index contributed by atoms with van der Waals surface area (Å²) in [5.74, 6) is 0. The van der Waals surface area contributed by atoms with E-state index in [9.17, 15) is 0 Å². The Bertz CT molecular complexity index is 68.2. The molecule has 0 spiro atoms. The molecule has 0 unspecified atom stereocenters. The number of halogens is 1. The molecule has 0 amide bonds. The summed E-state index contributed by atoms with van der Waals surface area (Å²) in [4.78, 5) is 0. The van der Waals surface area contributed by atoms with Crippen LogP contribution in [0.2, 0.25) is 0 Å². The minimum Gasteiger partial charge on any atom is -1.00 e.